The summed E-state index contributed by atoms with van der Waals surface area (Å²) in [5.41, 5.74) is 6.76. The molecule has 1 aliphatic rings. The third kappa shape index (κ3) is 2.35. The number of piperidine rings is 1. The fourth-order valence-electron chi connectivity index (χ4n) is 2.72. The highest BCUT2D eigenvalue weighted by Gasteiger charge is 2.36. The van der Waals surface area contributed by atoms with Crippen molar-refractivity contribution in [1.82, 2.24) is 4.90 Å². The van der Waals surface area contributed by atoms with Crippen molar-refractivity contribution in [3.05, 3.63) is 29.6 Å². The molecular formula is C14H21FN2O. The largest absolute Gasteiger partial charge is 0.496 e. The van der Waals surface area contributed by atoms with E-state index in [2.05, 4.69) is 11.9 Å². The van der Waals surface area contributed by atoms with Crippen LogP contribution in [-0.4, -0.2) is 38.7 Å². The van der Waals surface area contributed by atoms with E-state index < -0.39 is 0 Å². The van der Waals surface area contributed by atoms with E-state index in [0.717, 1.165) is 37.2 Å². The Kier molecular flexibility index (Phi) is 3.88. The van der Waals surface area contributed by atoms with Gasteiger partial charge in [0.15, 0.2) is 0 Å². The molecule has 0 aliphatic carbocycles. The lowest BCUT2D eigenvalue weighted by atomic mass is 9.72. The lowest BCUT2D eigenvalue weighted by Crippen LogP contribution is -2.45. The van der Waals surface area contributed by atoms with Gasteiger partial charge >= 0.3 is 0 Å². The highest BCUT2D eigenvalue weighted by Crippen LogP contribution is 2.39. The molecule has 1 aliphatic heterocycles. The second-order valence-corrected chi connectivity index (χ2v) is 5.13. The zero-order chi connectivity index (χ0) is 13.2. The fourth-order valence-corrected chi connectivity index (χ4v) is 2.72. The molecule has 1 saturated heterocycles. The van der Waals surface area contributed by atoms with Crippen LogP contribution in [0, 0.1) is 5.82 Å². The molecule has 0 spiro atoms. The third-order valence-corrected chi connectivity index (χ3v) is 4.07. The van der Waals surface area contributed by atoms with Crippen LogP contribution in [0.1, 0.15) is 18.4 Å². The summed E-state index contributed by atoms with van der Waals surface area (Å²) in [6.07, 6.45) is 1.89. The predicted octanol–water partition coefficient (Wildman–Crippen LogP) is 1.76. The van der Waals surface area contributed by atoms with Crippen LogP contribution in [0.25, 0.3) is 0 Å². The van der Waals surface area contributed by atoms with Crippen molar-refractivity contribution in [3.63, 3.8) is 0 Å². The summed E-state index contributed by atoms with van der Waals surface area (Å²) in [5, 5.41) is 0. The van der Waals surface area contributed by atoms with Crippen LogP contribution in [-0.2, 0) is 5.41 Å². The van der Waals surface area contributed by atoms with Crippen molar-refractivity contribution in [1.29, 1.82) is 0 Å². The van der Waals surface area contributed by atoms with E-state index in [4.69, 9.17) is 10.5 Å². The first-order valence-corrected chi connectivity index (χ1v) is 6.34. The molecule has 0 saturated carbocycles. The second kappa shape index (κ2) is 5.24. The van der Waals surface area contributed by atoms with Crippen molar-refractivity contribution < 1.29 is 9.13 Å². The van der Waals surface area contributed by atoms with Crippen LogP contribution in [0.4, 0.5) is 4.39 Å². The van der Waals surface area contributed by atoms with Crippen molar-refractivity contribution in [2.45, 2.75) is 18.3 Å². The van der Waals surface area contributed by atoms with Crippen LogP contribution in [0.15, 0.2) is 18.2 Å². The molecule has 0 bridgehead atoms. The Balaban J connectivity index is 2.40. The molecule has 1 fully saturated rings. The number of methoxy groups -OCH3 is 1. The molecule has 0 radical (unpaired) electrons. The summed E-state index contributed by atoms with van der Waals surface area (Å²) >= 11 is 0. The van der Waals surface area contributed by atoms with Gasteiger partial charge in [-0.05, 0) is 51.2 Å². The number of ether oxygens (including phenoxy) is 1. The molecule has 1 aromatic rings. The van der Waals surface area contributed by atoms with Crippen molar-refractivity contribution in [3.8, 4) is 5.75 Å². The highest BCUT2D eigenvalue weighted by molar-refractivity contribution is 5.41. The van der Waals surface area contributed by atoms with Crippen molar-refractivity contribution >= 4 is 0 Å². The minimum absolute atomic E-state index is 0.153. The molecule has 4 heteroatoms. The number of nitrogens with zero attached hydrogens (tertiary/aromatic N) is 1. The first-order chi connectivity index (χ1) is 8.61. The van der Waals surface area contributed by atoms with Crippen LogP contribution in [0.3, 0.4) is 0 Å². The second-order valence-electron chi connectivity index (χ2n) is 5.13. The molecule has 3 nitrogen and oxygen atoms in total. The Hall–Kier alpha value is -1.13. The van der Waals surface area contributed by atoms with Gasteiger partial charge in [-0.15, -0.1) is 0 Å². The molecule has 18 heavy (non-hydrogen) atoms. The van der Waals surface area contributed by atoms with Gasteiger partial charge in [-0.25, -0.2) is 4.39 Å². The average molecular weight is 252 g/mol. The standard InChI is InChI=1S/C14H21FN2O/c1-17-7-5-14(10-16,6-8-17)12-9-11(15)3-4-13(12)18-2/h3-4,9H,5-8,10,16H2,1-2H3. The van der Waals surface area contributed by atoms with Crippen LogP contribution in [0.2, 0.25) is 0 Å². The molecule has 0 amide bonds. The van der Waals surface area contributed by atoms with Gasteiger partial charge in [0, 0.05) is 17.5 Å². The molecular weight excluding hydrogens is 231 g/mol. The van der Waals surface area contributed by atoms with Crippen molar-refractivity contribution in [2.75, 3.05) is 33.8 Å². The van der Waals surface area contributed by atoms with Crippen LogP contribution >= 0.6 is 0 Å². The number of halogens is 1. The molecule has 2 N–H and O–H groups in total. The van der Waals surface area contributed by atoms with E-state index in [1.54, 1.807) is 19.2 Å². The van der Waals surface area contributed by atoms with Gasteiger partial charge in [0.2, 0.25) is 0 Å². The maximum atomic E-state index is 13.5. The first kappa shape index (κ1) is 13.3. The van der Waals surface area contributed by atoms with Crippen molar-refractivity contribution in [2.24, 2.45) is 5.73 Å². The summed E-state index contributed by atoms with van der Waals surface area (Å²) in [6.45, 7) is 2.49. The Bertz CT molecular complexity index is 414. The summed E-state index contributed by atoms with van der Waals surface area (Å²) in [6, 6.07) is 4.71. The lowest BCUT2D eigenvalue weighted by molar-refractivity contribution is 0.188. The van der Waals surface area contributed by atoms with E-state index in [-0.39, 0.29) is 11.2 Å². The molecule has 1 heterocycles. The number of nitrogens with two attached hydrogens (primary N) is 1. The summed E-state index contributed by atoms with van der Waals surface area (Å²) in [5.74, 6) is 0.518. The van der Waals surface area contributed by atoms with Gasteiger partial charge in [0.25, 0.3) is 0 Å². The molecule has 1 aromatic carbocycles. The number of hydrogen-bond acceptors (Lipinski definition) is 3. The molecule has 100 valence electrons. The third-order valence-electron chi connectivity index (χ3n) is 4.07. The molecule has 0 aromatic heterocycles. The van der Waals surface area contributed by atoms with Gasteiger partial charge in [-0.1, -0.05) is 0 Å². The van der Waals surface area contributed by atoms with E-state index in [1.807, 2.05) is 0 Å². The fraction of sp³-hybridized carbons (Fsp3) is 0.571. The van der Waals surface area contributed by atoms with Gasteiger partial charge < -0.3 is 15.4 Å². The minimum atomic E-state index is -0.224. The molecule has 0 atom stereocenters. The zero-order valence-electron chi connectivity index (χ0n) is 11.1. The van der Waals surface area contributed by atoms with Crippen LogP contribution in [0.5, 0.6) is 5.75 Å². The number of likely N-dealkylation sites (tertiary alicyclic amines) is 1. The van der Waals surface area contributed by atoms with E-state index in [9.17, 15) is 4.39 Å². The smallest absolute Gasteiger partial charge is 0.123 e. The van der Waals surface area contributed by atoms with Gasteiger partial charge in [-0.3, -0.25) is 0 Å². The van der Waals surface area contributed by atoms with Gasteiger partial charge in [0.05, 0.1) is 7.11 Å². The quantitative estimate of drug-likeness (QED) is 0.891. The maximum Gasteiger partial charge on any atom is 0.123 e. The number of benzene rings is 1. The SMILES string of the molecule is COc1ccc(F)cc1C1(CN)CCN(C)CC1. The van der Waals surface area contributed by atoms with Gasteiger partial charge in [0.1, 0.15) is 11.6 Å². The number of hydrogen-bond donors (Lipinski definition) is 1. The maximum absolute atomic E-state index is 13.5. The minimum Gasteiger partial charge on any atom is -0.496 e. The number of rotatable bonds is 3. The Morgan fingerprint density at radius 1 is 1.39 bits per heavy atom. The Labute approximate surface area is 108 Å². The molecule has 2 rings (SSSR count). The Morgan fingerprint density at radius 2 is 2.06 bits per heavy atom. The lowest BCUT2D eigenvalue weighted by Gasteiger charge is -2.41. The van der Waals surface area contributed by atoms with Crippen LogP contribution < -0.4 is 10.5 Å². The Morgan fingerprint density at radius 3 is 2.61 bits per heavy atom. The van der Waals surface area contributed by atoms with Gasteiger partial charge in [-0.2, -0.15) is 0 Å². The topological polar surface area (TPSA) is 38.5 Å². The summed E-state index contributed by atoms with van der Waals surface area (Å²) < 4.78 is 18.9. The average Bonchev–Trinajstić information content (AvgIpc) is 2.40. The predicted molar refractivity (Wildman–Crippen MR) is 70.4 cm³/mol. The summed E-state index contributed by atoms with van der Waals surface area (Å²) in [4.78, 5) is 2.28. The zero-order valence-corrected chi connectivity index (χ0v) is 11.1. The van der Waals surface area contributed by atoms with E-state index in [0.29, 0.717) is 6.54 Å². The molecule has 0 unspecified atom stereocenters. The highest BCUT2D eigenvalue weighted by atomic mass is 19.1. The normalized spacial score (nSPS) is 19.8. The van der Waals surface area contributed by atoms with E-state index in [1.165, 1.54) is 6.07 Å². The monoisotopic (exact) mass is 252 g/mol. The first-order valence-electron chi connectivity index (χ1n) is 6.34. The summed E-state index contributed by atoms with van der Waals surface area (Å²) in [7, 11) is 3.72. The van der Waals surface area contributed by atoms with E-state index >= 15 is 0 Å².